The lowest BCUT2D eigenvalue weighted by Gasteiger charge is -2.08. The molecule has 3 heterocycles. The van der Waals surface area contributed by atoms with Gasteiger partial charge in [-0.3, -0.25) is 4.79 Å². The average molecular weight is 527 g/mol. The van der Waals surface area contributed by atoms with Crippen molar-refractivity contribution in [2.45, 2.75) is 31.8 Å². The van der Waals surface area contributed by atoms with Crippen molar-refractivity contribution in [1.29, 1.82) is 0 Å². The summed E-state index contributed by atoms with van der Waals surface area (Å²) >= 11 is 4.39. The lowest BCUT2D eigenvalue weighted by molar-refractivity contribution is -0.113. The summed E-state index contributed by atoms with van der Waals surface area (Å²) in [6.45, 7) is 4.09. The van der Waals surface area contributed by atoms with E-state index in [1.54, 1.807) is 11.3 Å². The van der Waals surface area contributed by atoms with Crippen LogP contribution >= 0.6 is 34.4 Å². The number of thiophene rings is 2. The van der Waals surface area contributed by atoms with Gasteiger partial charge < -0.3 is 14.6 Å². The van der Waals surface area contributed by atoms with E-state index in [1.807, 2.05) is 48.9 Å². The lowest BCUT2D eigenvalue weighted by Crippen LogP contribution is -2.16. The van der Waals surface area contributed by atoms with Crippen LogP contribution < -0.4 is 5.32 Å². The third-order valence-electron chi connectivity index (χ3n) is 5.36. The third-order valence-corrected chi connectivity index (χ3v) is 8.40. The maximum Gasteiger partial charge on any atom is 0.341 e. The molecule has 4 rings (SSSR count). The number of benzene rings is 1. The number of aromatic nitrogens is 3. The molecular formula is C25H26N4O3S3. The Kier molecular flexibility index (Phi) is 8.04. The second-order valence-electron chi connectivity index (χ2n) is 7.85. The van der Waals surface area contributed by atoms with Gasteiger partial charge in [0.15, 0.2) is 11.0 Å². The number of aryl methyl sites for hydroxylation is 2. The Hall–Kier alpha value is -2.95. The minimum absolute atomic E-state index is 0.134. The molecule has 0 spiro atoms. The molecule has 182 valence electrons. The highest BCUT2D eigenvalue weighted by atomic mass is 32.2. The highest BCUT2D eigenvalue weighted by molar-refractivity contribution is 7.99. The van der Waals surface area contributed by atoms with Crippen LogP contribution in [0, 0.1) is 6.92 Å². The van der Waals surface area contributed by atoms with Crippen molar-refractivity contribution in [2.75, 3.05) is 18.2 Å². The molecule has 0 aliphatic heterocycles. The molecule has 0 aliphatic rings. The van der Waals surface area contributed by atoms with Gasteiger partial charge in [0.2, 0.25) is 5.91 Å². The minimum atomic E-state index is -0.479. The van der Waals surface area contributed by atoms with Crippen molar-refractivity contribution in [2.24, 2.45) is 7.05 Å². The number of esters is 1. The molecule has 0 aliphatic carbocycles. The van der Waals surface area contributed by atoms with Crippen LogP contribution in [0.3, 0.4) is 0 Å². The largest absolute Gasteiger partial charge is 0.465 e. The Balaban J connectivity index is 1.49. The number of nitrogens with one attached hydrogen (secondary N) is 1. The van der Waals surface area contributed by atoms with Crippen LogP contribution in [0.4, 0.5) is 5.00 Å². The van der Waals surface area contributed by atoms with Gasteiger partial charge in [0, 0.05) is 33.3 Å². The van der Waals surface area contributed by atoms with Crippen LogP contribution in [-0.2, 0) is 23.0 Å². The number of rotatable bonds is 9. The molecule has 0 saturated carbocycles. The Morgan fingerprint density at radius 1 is 1.17 bits per heavy atom. The summed E-state index contributed by atoms with van der Waals surface area (Å²) in [5.74, 6) is 0.203. The van der Waals surface area contributed by atoms with Crippen molar-refractivity contribution >= 4 is 51.3 Å². The Labute approximate surface area is 216 Å². The monoisotopic (exact) mass is 526 g/mol. The molecule has 0 radical (unpaired) electrons. The van der Waals surface area contributed by atoms with Gasteiger partial charge in [-0.25, -0.2) is 4.79 Å². The van der Waals surface area contributed by atoms with E-state index in [2.05, 4.69) is 33.9 Å². The number of hydrogen-bond donors (Lipinski definition) is 1. The highest BCUT2D eigenvalue weighted by Crippen LogP contribution is 2.40. The van der Waals surface area contributed by atoms with Gasteiger partial charge in [0.25, 0.3) is 0 Å². The van der Waals surface area contributed by atoms with Crippen LogP contribution in [0.25, 0.3) is 22.5 Å². The number of carbonyl (C=O) groups is 2. The Morgan fingerprint density at radius 2 is 1.94 bits per heavy atom. The molecular weight excluding hydrogens is 501 g/mol. The molecule has 0 unspecified atom stereocenters. The fraction of sp³-hybridized carbons (Fsp3) is 0.280. The fourth-order valence-electron chi connectivity index (χ4n) is 3.74. The third kappa shape index (κ3) is 5.50. The van der Waals surface area contributed by atoms with Crippen LogP contribution in [-0.4, -0.2) is 39.5 Å². The van der Waals surface area contributed by atoms with E-state index in [9.17, 15) is 9.59 Å². The molecule has 0 fully saturated rings. The zero-order valence-corrected chi connectivity index (χ0v) is 22.4. The van der Waals surface area contributed by atoms with Crippen molar-refractivity contribution in [3.63, 3.8) is 0 Å². The molecule has 10 heteroatoms. The number of amides is 1. The molecule has 4 aromatic rings. The molecule has 1 N–H and O–H groups in total. The SMILES string of the molecule is CCCc1cc(-c2nnc(SCC(=O)Nc3sc(C)c(-c4ccccc4)c3C(=O)OC)n2C)cs1. The molecule has 0 saturated heterocycles. The molecule has 1 aromatic carbocycles. The first-order chi connectivity index (χ1) is 16.9. The van der Waals surface area contributed by atoms with E-state index in [4.69, 9.17) is 4.74 Å². The summed E-state index contributed by atoms with van der Waals surface area (Å²) in [6, 6.07) is 11.8. The first kappa shape index (κ1) is 25.2. The predicted octanol–water partition coefficient (Wildman–Crippen LogP) is 6.05. The maximum atomic E-state index is 12.8. The van der Waals surface area contributed by atoms with E-state index in [0.29, 0.717) is 15.7 Å². The van der Waals surface area contributed by atoms with E-state index >= 15 is 0 Å². The number of ether oxygens (including phenoxy) is 1. The highest BCUT2D eigenvalue weighted by Gasteiger charge is 2.25. The summed E-state index contributed by atoms with van der Waals surface area (Å²) < 4.78 is 6.93. The van der Waals surface area contributed by atoms with Crippen LogP contribution in [0.2, 0.25) is 0 Å². The quantitative estimate of drug-likeness (QED) is 0.211. The van der Waals surface area contributed by atoms with E-state index in [-0.39, 0.29) is 11.7 Å². The van der Waals surface area contributed by atoms with Crippen LogP contribution in [0.15, 0.2) is 46.9 Å². The van der Waals surface area contributed by atoms with E-state index < -0.39 is 5.97 Å². The van der Waals surface area contributed by atoms with Crippen molar-refractivity contribution in [3.8, 4) is 22.5 Å². The van der Waals surface area contributed by atoms with Crippen LogP contribution in [0.1, 0.15) is 33.5 Å². The number of nitrogens with zero attached hydrogens (tertiary/aromatic N) is 3. The van der Waals surface area contributed by atoms with Gasteiger partial charge in [0.1, 0.15) is 10.6 Å². The smallest absolute Gasteiger partial charge is 0.341 e. The predicted molar refractivity (Wildman–Crippen MR) is 143 cm³/mol. The molecule has 0 bridgehead atoms. The normalized spacial score (nSPS) is 11.0. The number of hydrogen-bond acceptors (Lipinski definition) is 8. The van der Waals surface area contributed by atoms with Crippen molar-refractivity contribution in [3.05, 3.63) is 57.1 Å². The minimum Gasteiger partial charge on any atom is -0.465 e. The van der Waals surface area contributed by atoms with E-state index in [1.165, 1.54) is 35.1 Å². The number of thioether (sulfide) groups is 1. The first-order valence-electron chi connectivity index (χ1n) is 11.1. The van der Waals surface area contributed by atoms with Gasteiger partial charge in [-0.2, -0.15) is 0 Å². The lowest BCUT2D eigenvalue weighted by atomic mass is 10.0. The standard InChI is InChI=1S/C25H26N4O3S3/c1-5-9-18-12-17(13-33-18)22-27-28-25(29(22)3)34-14-19(30)26-23-21(24(31)32-4)20(15(2)35-23)16-10-7-6-8-11-16/h6-8,10-13H,5,9,14H2,1-4H3,(H,26,30). The molecule has 35 heavy (non-hydrogen) atoms. The first-order valence-corrected chi connectivity index (χ1v) is 13.8. The molecule has 0 atom stereocenters. The molecule has 3 aromatic heterocycles. The molecule has 1 amide bonds. The summed E-state index contributed by atoms with van der Waals surface area (Å²) in [4.78, 5) is 27.7. The van der Waals surface area contributed by atoms with Gasteiger partial charge in [0.05, 0.1) is 12.9 Å². The topological polar surface area (TPSA) is 86.1 Å². The Morgan fingerprint density at radius 3 is 2.66 bits per heavy atom. The van der Waals surface area contributed by atoms with Crippen molar-refractivity contribution in [1.82, 2.24) is 14.8 Å². The average Bonchev–Trinajstić information content (AvgIpc) is 3.55. The van der Waals surface area contributed by atoms with Gasteiger partial charge in [-0.1, -0.05) is 55.4 Å². The van der Waals surface area contributed by atoms with Gasteiger partial charge in [-0.15, -0.1) is 32.9 Å². The number of methoxy groups -OCH3 is 1. The summed E-state index contributed by atoms with van der Waals surface area (Å²) in [7, 11) is 3.24. The maximum absolute atomic E-state index is 12.8. The van der Waals surface area contributed by atoms with Gasteiger partial charge >= 0.3 is 5.97 Å². The zero-order valence-electron chi connectivity index (χ0n) is 20.0. The Bertz CT molecular complexity index is 1340. The second-order valence-corrected chi connectivity index (χ2v) is 11.0. The van der Waals surface area contributed by atoms with Gasteiger partial charge in [-0.05, 0) is 25.0 Å². The number of anilines is 1. The molecule has 7 nitrogen and oxygen atoms in total. The fourth-order valence-corrected chi connectivity index (χ4v) is 6.50. The van der Waals surface area contributed by atoms with E-state index in [0.717, 1.165) is 40.2 Å². The second kappa shape index (κ2) is 11.2. The number of carbonyl (C=O) groups excluding carboxylic acids is 2. The summed E-state index contributed by atoms with van der Waals surface area (Å²) in [5, 5.41) is 14.7. The van der Waals surface area contributed by atoms with Crippen LogP contribution in [0.5, 0.6) is 0 Å². The summed E-state index contributed by atoms with van der Waals surface area (Å²) in [5.41, 5.74) is 3.09. The summed E-state index contributed by atoms with van der Waals surface area (Å²) in [6.07, 6.45) is 2.15. The van der Waals surface area contributed by atoms with Crippen molar-refractivity contribution < 1.29 is 14.3 Å². The zero-order chi connectivity index (χ0) is 24.9.